The molecule has 1 aliphatic carbocycles. The van der Waals surface area contributed by atoms with E-state index in [1.807, 2.05) is 18.2 Å². The molecule has 0 spiro atoms. The number of hydrogen-bond donors (Lipinski definition) is 1. The standard InChI is InChI=1S/C15H20O3/c16-10-12-5-4-8-14(9-12)18-11-15(17)13-6-2-1-3-7-13/h4-5,8-9,13,16H,1-3,6-7,10-11H2. The molecule has 1 aromatic carbocycles. The summed E-state index contributed by atoms with van der Waals surface area (Å²) in [7, 11) is 0. The maximum atomic E-state index is 12.0. The number of Topliss-reactive ketones (excluding diaryl/α,β-unsaturated/α-hetero) is 1. The van der Waals surface area contributed by atoms with E-state index in [1.54, 1.807) is 6.07 Å². The first-order valence-corrected chi connectivity index (χ1v) is 6.65. The first-order valence-electron chi connectivity index (χ1n) is 6.65. The molecule has 1 aromatic rings. The number of benzene rings is 1. The van der Waals surface area contributed by atoms with Crippen LogP contribution in [0, 0.1) is 5.92 Å². The molecule has 1 N–H and O–H groups in total. The van der Waals surface area contributed by atoms with Gasteiger partial charge in [-0.15, -0.1) is 0 Å². The highest BCUT2D eigenvalue weighted by atomic mass is 16.5. The van der Waals surface area contributed by atoms with Crippen LogP contribution in [0.2, 0.25) is 0 Å². The normalized spacial score (nSPS) is 16.5. The van der Waals surface area contributed by atoms with E-state index in [9.17, 15) is 4.79 Å². The van der Waals surface area contributed by atoms with Gasteiger partial charge in [-0.2, -0.15) is 0 Å². The van der Waals surface area contributed by atoms with E-state index in [0.29, 0.717) is 5.75 Å². The molecule has 98 valence electrons. The van der Waals surface area contributed by atoms with Gasteiger partial charge in [0, 0.05) is 5.92 Å². The highest BCUT2D eigenvalue weighted by molar-refractivity contribution is 5.82. The summed E-state index contributed by atoms with van der Waals surface area (Å²) in [5, 5.41) is 9.02. The predicted molar refractivity (Wildman–Crippen MR) is 69.4 cm³/mol. The lowest BCUT2D eigenvalue weighted by atomic mass is 9.86. The molecule has 0 aliphatic heterocycles. The van der Waals surface area contributed by atoms with Crippen molar-refractivity contribution in [2.24, 2.45) is 5.92 Å². The maximum Gasteiger partial charge on any atom is 0.173 e. The maximum absolute atomic E-state index is 12.0. The van der Waals surface area contributed by atoms with Crippen molar-refractivity contribution in [3.8, 4) is 5.75 Å². The zero-order valence-electron chi connectivity index (χ0n) is 10.6. The fraction of sp³-hybridized carbons (Fsp3) is 0.533. The second-order valence-electron chi connectivity index (χ2n) is 4.90. The van der Waals surface area contributed by atoms with Gasteiger partial charge in [0.2, 0.25) is 0 Å². The monoisotopic (exact) mass is 248 g/mol. The summed E-state index contributed by atoms with van der Waals surface area (Å²) >= 11 is 0. The third-order valence-corrected chi connectivity index (χ3v) is 3.52. The highest BCUT2D eigenvalue weighted by Crippen LogP contribution is 2.24. The van der Waals surface area contributed by atoms with Crippen LogP contribution < -0.4 is 4.74 Å². The molecular weight excluding hydrogens is 228 g/mol. The van der Waals surface area contributed by atoms with E-state index < -0.39 is 0 Å². The molecule has 0 radical (unpaired) electrons. The number of hydrogen-bond acceptors (Lipinski definition) is 3. The molecule has 18 heavy (non-hydrogen) atoms. The van der Waals surface area contributed by atoms with E-state index in [2.05, 4.69) is 0 Å². The van der Waals surface area contributed by atoms with E-state index in [4.69, 9.17) is 9.84 Å². The third kappa shape index (κ3) is 3.57. The van der Waals surface area contributed by atoms with Crippen molar-refractivity contribution in [3.05, 3.63) is 29.8 Å². The van der Waals surface area contributed by atoms with Gasteiger partial charge in [0.25, 0.3) is 0 Å². The van der Waals surface area contributed by atoms with Crippen molar-refractivity contribution < 1.29 is 14.6 Å². The van der Waals surface area contributed by atoms with Gasteiger partial charge in [-0.25, -0.2) is 0 Å². The number of carbonyl (C=O) groups excluding carboxylic acids is 1. The second kappa shape index (κ2) is 6.55. The van der Waals surface area contributed by atoms with Gasteiger partial charge in [0.15, 0.2) is 5.78 Å². The van der Waals surface area contributed by atoms with Crippen LogP contribution >= 0.6 is 0 Å². The van der Waals surface area contributed by atoms with Crippen molar-refractivity contribution in [2.75, 3.05) is 6.61 Å². The minimum atomic E-state index is -0.00618. The lowest BCUT2D eigenvalue weighted by Crippen LogP contribution is -2.23. The Kier molecular flexibility index (Phi) is 4.76. The van der Waals surface area contributed by atoms with Gasteiger partial charge in [-0.3, -0.25) is 4.79 Å². The number of ketones is 1. The van der Waals surface area contributed by atoms with E-state index in [1.165, 1.54) is 6.42 Å². The summed E-state index contributed by atoms with van der Waals surface area (Å²) in [6, 6.07) is 7.24. The van der Waals surface area contributed by atoms with E-state index in [-0.39, 0.29) is 24.9 Å². The van der Waals surface area contributed by atoms with Crippen molar-refractivity contribution in [1.29, 1.82) is 0 Å². The molecule has 0 bridgehead atoms. The van der Waals surface area contributed by atoms with Crippen LogP contribution in [-0.2, 0) is 11.4 Å². The Bertz CT molecular complexity index is 394. The highest BCUT2D eigenvalue weighted by Gasteiger charge is 2.21. The van der Waals surface area contributed by atoms with Crippen LogP contribution in [0.1, 0.15) is 37.7 Å². The van der Waals surface area contributed by atoms with Crippen LogP contribution in [0.3, 0.4) is 0 Å². The van der Waals surface area contributed by atoms with Gasteiger partial charge in [0.05, 0.1) is 6.61 Å². The Morgan fingerprint density at radius 2 is 2.06 bits per heavy atom. The first-order chi connectivity index (χ1) is 8.79. The number of aliphatic hydroxyl groups is 1. The molecule has 1 saturated carbocycles. The Balaban J connectivity index is 1.84. The zero-order valence-corrected chi connectivity index (χ0v) is 10.6. The zero-order chi connectivity index (χ0) is 12.8. The Morgan fingerprint density at radius 1 is 1.28 bits per heavy atom. The fourth-order valence-corrected chi connectivity index (χ4v) is 2.43. The number of carbonyl (C=O) groups is 1. The Hall–Kier alpha value is -1.35. The third-order valence-electron chi connectivity index (χ3n) is 3.52. The van der Waals surface area contributed by atoms with Gasteiger partial charge < -0.3 is 9.84 Å². The number of aliphatic hydroxyl groups excluding tert-OH is 1. The molecular formula is C15H20O3. The summed E-state index contributed by atoms with van der Waals surface area (Å²) < 4.78 is 5.50. The summed E-state index contributed by atoms with van der Waals surface area (Å²) in [6.07, 6.45) is 5.60. The molecule has 0 unspecified atom stereocenters. The van der Waals surface area contributed by atoms with Gasteiger partial charge in [0.1, 0.15) is 12.4 Å². The van der Waals surface area contributed by atoms with E-state index >= 15 is 0 Å². The molecule has 0 saturated heterocycles. The predicted octanol–water partition coefficient (Wildman–Crippen LogP) is 2.71. The summed E-state index contributed by atoms with van der Waals surface area (Å²) in [5.41, 5.74) is 0.803. The molecule has 0 heterocycles. The Morgan fingerprint density at radius 3 is 2.78 bits per heavy atom. The summed E-state index contributed by atoms with van der Waals surface area (Å²) in [4.78, 5) is 12.0. The lowest BCUT2D eigenvalue weighted by Gasteiger charge is -2.20. The topological polar surface area (TPSA) is 46.5 Å². The van der Waals surface area contributed by atoms with Crippen molar-refractivity contribution in [2.45, 2.75) is 38.7 Å². The van der Waals surface area contributed by atoms with E-state index in [0.717, 1.165) is 31.2 Å². The molecule has 0 amide bonds. The van der Waals surface area contributed by atoms with Crippen LogP contribution in [0.15, 0.2) is 24.3 Å². The van der Waals surface area contributed by atoms with Crippen LogP contribution in [-0.4, -0.2) is 17.5 Å². The quantitative estimate of drug-likeness (QED) is 0.871. The average Bonchev–Trinajstić information content (AvgIpc) is 2.46. The molecule has 1 fully saturated rings. The van der Waals surface area contributed by atoms with Crippen LogP contribution in [0.5, 0.6) is 5.75 Å². The van der Waals surface area contributed by atoms with Crippen molar-refractivity contribution in [3.63, 3.8) is 0 Å². The molecule has 0 atom stereocenters. The summed E-state index contributed by atoms with van der Waals surface area (Å²) in [5.74, 6) is 1.06. The lowest BCUT2D eigenvalue weighted by molar-refractivity contribution is -0.125. The van der Waals surface area contributed by atoms with Gasteiger partial charge >= 0.3 is 0 Å². The molecule has 1 aliphatic rings. The minimum absolute atomic E-state index is 0.00618. The smallest absolute Gasteiger partial charge is 0.173 e. The summed E-state index contributed by atoms with van der Waals surface area (Å²) in [6.45, 7) is 0.146. The molecule has 3 nitrogen and oxygen atoms in total. The van der Waals surface area contributed by atoms with Crippen LogP contribution in [0.25, 0.3) is 0 Å². The van der Waals surface area contributed by atoms with Crippen molar-refractivity contribution in [1.82, 2.24) is 0 Å². The molecule has 3 heteroatoms. The van der Waals surface area contributed by atoms with Gasteiger partial charge in [-0.1, -0.05) is 31.4 Å². The second-order valence-corrected chi connectivity index (χ2v) is 4.90. The van der Waals surface area contributed by atoms with Gasteiger partial charge in [-0.05, 0) is 30.5 Å². The van der Waals surface area contributed by atoms with Crippen LogP contribution in [0.4, 0.5) is 0 Å². The largest absolute Gasteiger partial charge is 0.486 e. The minimum Gasteiger partial charge on any atom is -0.486 e. The fourth-order valence-electron chi connectivity index (χ4n) is 2.43. The number of rotatable bonds is 5. The SMILES string of the molecule is O=C(COc1cccc(CO)c1)C1CCCCC1. The number of ether oxygens (including phenoxy) is 1. The first kappa shape index (κ1) is 13.1. The molecule has 0 aromatic heterocycles. The molecule has 2 rings (SSSR count). The van der Waals surface area contributed by atoms with Crippen molar-refractivity contribution >= 4 is 5.78 Å². The average molecular weight is 248 g/mol. The Labute approximate surface area is 108 Å².